The van der Waals surface area contributed by atoms with Gasteiger partial charge in [0.2, 0.25) is 5.91 Å². The van der Waals surface area contributed by atoms with E-state index in [-0.39, 0.29) is 11.3 Å². The zero-order valence-electron chi connectivity index (χ0n) is 20.2. The second-order valence-electron chi connectivity index (χ2n) is 10.2. The van der Waals surface area contributed by atoms with E-state index in [2.05, 4.69) is 36.9 Å². The van der Waals surface area contributed by atoms with Crippen molar-refractivity contribution in [3.05, 3.63) is 95.6 Å². The number of amides is 1. The summed E-state index contributed by atoms with van der Waals surface area (Å²) in [6.45, 7) is 7.03. The molecule has 0 aromatic heterocycles. The number of hydrogen-bond donors (Lipinski definition) is 1. The summed E-state index contributed by atoms with van der Waals surface area (Å²) < 4.78 is 0. The zero-order valence-corrected chi connectivity index (χ0v) is 20.2. The maximum Gasteiger partial charge on any atom is 0.228 e. The molecule has 3 atom stereocenters. The lowest BCUT2D eigenvalue weighted by Crippen LogP contribution is -2.58. The Morgan fingerprint density at radius 1 is 1.06 bits per heavy atom. The molecule has 4 nitrogen and oxygen atoms in total. The van der Waals surface area contributed by atoms with Gasteiger partial charge in [0.15, 0.2) is 0 Å². The van der Waals surface area contributed by atoms with Crippen molar-refractivity contribution in [1.82, 2.24) is 4.90 Å². The van der Waals surface area contributed by atoms with Gasteiger partial charge in [-0.05, 0) is 71.7 Å². The van der Waals surface area contributed by atoms with Gasteiger partial charge >= 0.3 is 0 Å². The Labute approximate surface area is 202 Å². The SMILES string of the molecule is C[C@H]1[C@H]2Cc3ccc(O)cc3[C@]1(C)CCN2CCC(=O)N(Cc1ccccc1)c1ccccc1. The van der Waals surface area contributed by atoms with E-state index in [1.54, 1.807) is 0 Å². The largest absolute Gasteiger partial charge is 0.508 e. The lowest BCUT2D eigenvalue weighted by Gasteiger charge is -2.54. The molecule has 1 amide bonds. The fourth-order valence-electron chi connectivity index (χ4n) is 6.04. The first-order valence-electron chi connectivity index (χ1n) is 12.4. The van der Waals surface area contributed by atoms with Crippen molar-refractivity contribution < 1.29 is 9.90 Å². The van der Waals surface area contributed by atoms with E-state index < -0.39 is 0 Å². The van der Waals surface area contributed by atoms with Crippen LogP contribution in [0, 0.1) is 5.92 Å². The average Bonchev–Trinajstić information content (AvgIpc) is 2.86. The minimum Gasteiger partial charge on any atom is -0.508 e. The van der Waals surface area contributed by atoms with Crippen LogP contribution < -0.4 is 4.90 Å². The van der Waals surface area contributed by atoms with Crippen molar-refractivity contribution >= 4 is 11.6 Å². The molecule has 2 aliphatic rings. The highest BCUT2D eigenvalue weighted by Crippen LogP contribution is 2.49. The summed E-state index contributed by atoms with van der Waals surface area (Å²) in [6.07, 6.45) is 2.53. The van der Waals surface area contributed by atoms with E-state index in [4.69, 9.17) is 0 Å². The standard InChI is InChI=1S/C30H34N2O2/c1-22-28-19-24-13-14-26(33)20-27(24)30(22,2)16-18-31(28)17-15-29(34)32(25-11-7-4-8-12-25)21-23-9-5-3-6-10-23/h3-14,20,22,28,33H,15-19,21H2,1-2H3/t22-,28+,30+/m0/s1. The highest BCUT2D eigenvalue weighted by atomic mass is 16.3. The molecule has 0 saturated carbocycles. The molecule has 4 heteroatoms. The van der Waals surface area contributed by atoms with Crippen molar-refractivity contribution in [2.75, 3.05) is 18.0 Å². The number of benzene rings is 3. The summed E-state index contributed by atoms with van der Waals surface area (Å²) in [6, 6.07) is 26.5. The average molecular weight is 455 g/mol. The third kappa shape index (κ3) is 4.23. The Morgan fingerprint density at radius 3 is 2.50 bits per heavy atom. The van der Waals surface area contributed by atoms with Crippen molar-refractivity contribution in [1.29, 1.82) is 0 Å². The van der Waals surface area contributed by atoms with E-state index in [1.807, 2.05) is 65.6 Å². The topological polar surface area (TPSA) is 43.8 Å². The van der Waals surface area contributed by atoms with Gasteiger partial charge in [-0.1, -0.05) is 68.4 Å². The molecule has 5 rings (SSSR count). The Kier molecular flexibility index (Phi) is 6.18. The van der Waals surface area contributed by atoms with E-state index >= 15 is 0 Å². The maximum absolute atomic E-state index is 13.5. The molecular formula is C30H34N2O2. The monoisotopic (exact) mass is 454 g/mol. The molecule has 176 valence electrons. The molecule has 2 bridgehead atoms. The number of carbonyl (C=O) groups excluding carboxylic acids is 1. The minimum absolute atomic E-state index is 0.0703. The van der Waals surface area contributed by atoms with Crippen LogP contribution in [0.4, 0.5) is 5.69 Å². The molecule has 1 saturated heterocycles. The minimum atomic E-state index is 0.0703. The molecule has 1 heterocycles. The normalized spacial score (nSPS) is 23.8. The molecule has 3 aromatic carbocycles. The van der Waals surface area contributed by atoms with Crippen LogP contribution >= 0.6 is 0 Å². The van der Waals surface area contributed by atoms with Crippen molar-refractivity contribution in [3.63, 3.8) is 0 Å². The molecule has 0 unspecified atom stereocenters. The Balaban J connectivity index is 1.32. The number of carbonyl (C=O) groups is 1. The molecule has 1 N–H and O–H groups in total. The molecule has 0 radical (unpaired) electrons. The quantitative estimate of drug-likeness (QED) is 0.532. The molecule has 1 aliphatic heterocycles. The van der Waals surface area contributed by atoms with Gasteiger partial charge in [-0.15, -0.1) is 0 Å². The third-order valence-electron chi connectivity index (χ3n) is 8.27. The fourth-order valence-corrected chi connectivity index (χ4v) is 6.04. The highest BCUT2D eigenvalue weighted by Gasteiger charge is 2.48. The van der Waals surface area contributed by atoms with Gasteiger partial charge in [0.05, 0.1) is 6.54 Å². The van der Waals surface area contributed by atoms with Gasteiger partial charge < -0.3 is 10.0 Å². The number of piperidine rings is 1. The predicted molar refractivity (Wildman–Crippen MR) is 137 cm³/mol. The van der Waals surface area contributed by atoms with Crippen molar-refractivity contribution in [3.8, 4) is 5.75 Å². The van der Waals surface area contributed by atoms with Crippen LogP contribution in [0.3, 0.4) is 0 Å². The Hall–Kier alpha value is -3.11. The summed E-state index contributed by atoms with van der Waals surface area (Å²) in [5.41, 5.74) is 4.80. The van der Waals surface area contributed by atoms with E-state index in [9.17, 15) is 9.90 Å². The number of hydrogen-bond acceptors (Lipinski definition) is 3. The molecule has 1 fully saturated rings. The number of phenols is 1. The molecule has 34 heavy (non-hydrogen) atoms. The second kappa shape index (κ2) is 9.27. The fraction of sp³-hybridized carbons (Fsp3) is 0.367. The van der Waals surface area contributed by atoms with Crippen LogP contribution in [0.25, 0.3) is 0 Å². The maximum atomic E-state index is 13.5. The van der Waals surface area contributed by atoms with Crippen molar-refractivity contribution in [2.24, 2.45) is 5.92 Å². The summed E-state index contributed by atoms with van der Waals surface area (Å²) in [5.74, 6) is 0.996. The molecular weight excluding hydrogens is 420 g/mol. The summed E-state index contributed by atoms with van der Waals surface area (Å²) in [5, 5.41) is 10.1. The van der Waals surface area contributed by atoms with Crippen molar-refractivity contribution in [2.45, 2.75) is 51.1 Å². The number of rotatable bonds is 6. The third-order valence-corrected chi connectivity index (χ3v) is 8.27. The molecule has 1 aliphatic carbocycles. The van der Waals surface area contributed by atoms with Gasteiger partial charge in [0, 0.05) is 24.7 Å². The number of likely N-dealkylation sites (tertiary alicyclic amines) is 1. The van der Waals surface area contributed by atoms with Gasteiger partial charge in [-0.2, -0.15) is 0 Å². The van der Waals surface area contributed by atoms with Gasteiger partial charge in [0.1, 0.15) is 5.75 Å². The van der Waals surface area contributed by atoms with E-state index in [1.165, 1.54) is 11.1 Å². The lowest BCUT2D eigenvalue weighted by atomic mass is 9.59. The van der Waals surface area contributed by atoms with Gasteiger partial charge in [-0.25, -0.2) is 0 Å². The van der Waals surface area contributed by atoms with Gasteiger partial charge in [-0.3, -0.25) is 9.69 Å². The summed E-state index contributed by atoms with van der Waals surface area (Å²) in [4.78, 5) is 18.0. The van der Waals surface area contributed by atoms with E-state index in [0.29, 0.717) is 30.7 Å². The first-order valence-corrected chi connectivity index (χ1v) is 12.4. The number of anilines is 1. The lowest BCUT2D eigenvalue weighted by molar-refractivity contribution is -0.119. The predicted octanol–water partition coefficient (Wildman–Crippen LogP) is 5.54. The second-order valence-corrected chi connectivity index (χ2v) is 10.2. The highest BCUT2D eigenvalue weighted by molar-refractivity contribution is 5.93. The van der Waals surface area contributed by atoms with Gasteiger partial charge in [0.25, 0.3) is 0 Å². The number of para-hydroxylation sites is 1. The number of fused-ring (bicyclic) bond motifs is 4. The summed E-state index contributed by atoms with van der Waals surface area (Å²) in [7, 11) is 0. The first-order chi connectivity index (χ1) is 16.5. The number of nitrogens with zero attached hydrogens (tertiary/aromatic N) is 2. The Bertz CT molecular complexity index is 1150. The number of phenolic OH excluding ortho intramolecular Hbond substituents is 1. The molecule has 0 spiro atoms. The van der Waals surface area contributed by atoms with E-state index in [0.717, 1.165) is 37.2 Å². The zero-order chi connectivity index (χ0) is 23.7. The van der Waals surface area contributed by atoms with Crippen LogP contribution in [0.5, 0.6) is 5.75 Å². The molecule has 3 aromatic rings. The van der Waals surface area contributed by atoms with Crippen LogP contribution in [0.15, 0.2) is 78.9 Å². The van der Waals surface area contributed by atoms with Crippen LogP contribution in [-0.4, -0.2) is 35.0 Å². The Morgan fingerprint density at radius 2 is 1.76 bits per heavy atom. The first kappa shape index (κ1) is 22.7. The van der Waals surface area contributed by atoms with Crippen LogP contribution in [0.2, 0.25) is 0 Å². The smallest absolute Gasteiger partial charge is 0.228 e. The van der Waals surface area contributed by atoms with Crippen LogP contribution in [-0.2, 0) is 23.2 Å². The summed E-state index contributed by atoms with van der Waals surface area (Å²) >= 11 is 0. The van der Waals surface area contributed by atoms with Crippen LogP contribution in [0.1, 0.15) is 43.4 Å². The number of aromatic hydroxyl groups is 1.